The van der Waals surface area contributed by atoms with Crippen molar-refractivity contribution in [3.8, 4) is 17.1 Å². The number of pyridine rings is 1. The van der Waals surface area contributed by atoms with Crippen molar-refractivity contribution in [2.75, 3.05) is 7.11 Å². The van der Waals surface area contributed by atoms with Gasteiger partial charge in [-0.2, -0.15) is 5.10 Å². The predicted octanol–water partition coefficient (Wildman–Crippen LogP) is 2.35. The molecule has 0 amide bonds. The number of hydrogen-bond acceptors (Lipinski definition) is 5. The van der Waals surface area contributed by atoms with Crippen LogP contribution in [0.1, 0.15) is 26.3 Å². The second-order valence-corrected chi connectivity index (χ2v) is 6.33. The Morgan fingerprint density at radius 1 is 1.22 bits per heavy atom. The Morgan fingerprint density at radius 2 is 2.04 bits per heavy atom. The van der Waals surface area contributed by atoms with E-state index in [9.17, 15) is 0 Å². The SMILES string of the molecule is COc1ncccc1-c1cn(Cc2cnn(C(C)(C)C)c2)nn1. The maximum atomic E-state index is 5.27. The topological polar surface area (TPSA) is 70.7 Å². The van der Waals surface area contributed by atoms with Gasteiger partial charge in [-0.1, -0.05) is 5.21 Å². The molecule has 0 radical (unpaired) electrons. The number of methoxy groups -OCH3 is 1. The summed E-state index contributed by atoms with van der Waals surface area (Å²) in [6, 6.07) is 3.77. The molecule has 0 N–H and O–H groups in total. The third kappa shape index (κ3) is 3.23. The van der Waals surface area contributed by atoms with E-state index in [1.807, 2.05) is 35.4 Å². The molecule has 0 aliphatic heterocycles. The number of aromatic nitrogens is 6. The van der Waals surface area contributed by atoms with Crippen LogP contribution in [0.3, 0.4) is 0 Å². The highest BCUT2D eigenvalue weighted by atomic mass is 16.5. The highest BCUT2D eigenvalue weighted by Gasteiger charge is 2.15. The van der Waals surface area contributed by atoms with Gasteiger partial charge < -0.3 is 4.74 Å². The van der Waals surface area contributed by atoms with E-state index in [4.69, 9.17) is 4.74 Å². The summed E-state index contributed by atoms with van der Waals surface area (Å²) in [6.07, 6.45) is 7.46. The summed E-state index contributed by atoms with van der Waals surface area (Å²) < 4.78 is 9.00. The van der Waals surface area contributed by atoms with Gasteiger partial charge in [0, 0.05) is 18.0 Å². The van der Waals surface area contributed by atoms with E-state index in [1.165, 1.54) is 0 Å². The smallest absolute Gasteiger partial charge is 0.222 e. The lowest BCUT2D eigenvalue weighted by Crippen LogP contribution is -2.21. The Morgan fingerprint density at radius 3 is 2.74 bits per heavy atom. The first-order valence-electron chi connectivity index (χ1n) is 7.41. The average molecular weight is 312 g/mol. The summed E-state index contributed by atoms with van der Waals surface area (Å²) in [5.41, 5.74) is 2.61. The van der Waals surface area contributed by atoms with Gasteiger partial charge in [0.2, 0.25) is 5.88 Å². The predicted molar refractivity (Wildman–Crippen MR) is 86.1 cm³/mol. The number of rotatable bonds is 4. The standard InChI is InChI=1S/C16H20N6O/c1-16(2,3)22-10-12(8-18-22)9-21-11-14(19-20-21)13-6-5-7-17-15(13)23-4/h5-8,10-11H,9H2,1-4H3. The van der Waals surface area contributed by atoms with Crippen LogP contribution in [-0.2, 0) is 12.1 Å². The second kappa shape index (κ2) is 5.83. The molecule has 3 heterocycles. The minimum absolute atomic E-state index is 0.0329. The highest BCUT2D eigenvalue weighted by Crippen LogP contribution is 2.25. The Bertz CT molecular complexity index is 799. The lowest BCUT2D eigenvalue weighted by molar-refractivity contribution is 0.355. The highest BCUT2D eigenvalue weighted by molar-refractivity contribution is 5.63. The molecule has 3 aromatic rings. The summed E-state index contributed by atoms with van der Waals surface area (Å²) in [7, 11) is 1.59. The molecule has 3 aromatic heterocycles. The van der Waals surface area contributed by atoms with Gasteiger partial charge in [-0.05, 0) is 32.9 Å². The molecule has 0 aliphatic rings. The van der Waals surface area contributed by atoms with Crippen LogP contribution in [0.5, 0.6) is 5.88 Å². The Hall–Kier alpha value is -2.70. The summed E-state index contributed by atoms with van der Waals surface area (Å²) in [5.74, 6) is 0.542. The normalized spacial score (nSPS) is 11.7. The maximum absolute atomic E-state index is 5.27. The van der Waals surface area contributed by atoms with Crippen LogP contribution in [0.2, 0.25) is 0 Å². The lowest BCUT2D eigenvalue weighted by Gasteiger charge is -2.18. The van der Waals surface area contributed by atoms with Gasteiger partial charge >= 0.3 is 0 Å². The van der Waals surface area contributed by atoms with E-state index in [0.29, 0.717) is 12.4 Å². The molecular weight excluding hydrogens is 292 g/mol. The molecule has 0 unspecified atom stereocenters. The van der Waals surface area contributed by atoms with Crippen LogP contribution < -0.4 is 4.74 Å². The van der Waals surface area contributed by atoms with E-state index in [0.717, 1.165) is 16.8 Å². The third-order valence-corrected chi connectivity index (χ3v) is 3.45. The average Bonchev–Trinajstić information content (AvgIpc) is 3.16. The molecule has 0 fully saturated rings. The first-order chi connectivity index (χ1) is 11.0. The quantitative estimate of drug-likeness (QED) is 0.739. The molecule has 0 atom stereocenters. The molecular formula is C16H20N6O. The van der Waals surface area contributed by atoms with Crippen LogP contribution >= 0.6 is 0 Å². The minimum atomic E-state index is -0.0329. The molecule has 7 heteroatoms. The van der Waals surface area contributed by atoms with Crippen molar-refractivity contribution >= 4 is 0 Å². The number of hydrogen-bond donors (Lipinski definition) is 0. The maximum Gasteiger partial charge on any atom is 0.222 e. The molecule has 7 nitrogen and oxygen atoms in total. The number of ether oxygens (including phenoxy) is 1. The summed E-state index contributed by atoms with van der Waals surface area (Å²) in [4.78, 5) is 4.18. The van der Waals surface area contributed by atoms with Crippen LogP contribution in [0.15, 0.2) is 36.9 Å². The Balaban J connectivity index is 1.81. The molecule has 23 heavy (non-hydrogen) atoms. The lowest BCUT2D eigenvalue weighted by atomic mass is 10.1. The second-order valence-electron chi connectivity index (χ2n) is 6.33. The Kier molecular flexibility index (Phi) is 3.85. The van der Waals surface area contributed by atoms with E-state index in [1.54, 1.807) is 18.0 Å². The summed E-state index contributed by atoms with van der Waals surface area (Å²) in [6.45, 7) is 6.97. The zero-order chi connectivity index (χ0) is 16.4. The van der Waals surface area contributed by atoms with Gasteiger partial charge in [0.15, 0.2) is 0 Å². The van der Waals surface area contributed by atoms with Crippen LogP contribution in [0, 0.1) is 0 Å². The van der Waals surface area contributed by atoms with Crippen LogP contribution in [0.4, 0.5) is 0 Å². The van der Waals surface area contributed by atoms with Gasteiger partial charge in [0.1, 0.15) is 5.69 Å². The molecule has 0 bridgehead atoms. The van der Waals surface area contributed by atoms with E-state index in [2.05, 4.69) is 41.2 Å². The molecule has 0 saturated heterocycles. The zero-order valence-corrected chi connectivity index (χ0v) is 13.8. The van der Waals surface area contributed by atoms with Crippen LogP contribution in [-0.4, -0.2) is 36.9 Å². The summed E-state index contributed by atoms with van der Waals surface area (Å²) in [5, 5.41) is 12.8. The molecule has 3 rings (SSSR count). The fourth-order valence-corrected chi connectivity index (χ4v) is 2.24. The minimum Gasteiger partial charge on any atom is -0.481 e. The molecule has 0 aliphatic carbocycles. The van der Waals surface area contributed by atoms with E-state index < -0.39 is 0 Å². The largest absolute Gasteiger partial charge is 0.481 e. The van der Waals surface area contributed by atoms with Gasteiger partial charge in [-0.15, -0.1) is 5.10 Å². The van der Waals surface area contributed by atoms with Crippen molar-refractivity contribution in [1.82, 2.24) is 29.8 Å². The van der Waals surface area contributed by atoms with Crippen molar-refractivity contribution in [2.24, 2.45) is 0 Å². The van der Waals surface area contributed by atoms with Crippen molar-refractivity contribution in [3.63, 3.8) is 0 Å². The van der Waals surface area contributed by atoms with E-state index in [-0.39, 0.29) is 5.54 Å². The van der Waals surface area contributed by atoms with Crippen molar-refractivity contribution < 1.29 is 4.74 Å². The Labute approximate surface area is 134 Å². The first-order valence-corrected chi connectivity index (χ1v) is 7.41. The fraction of sp³-hybridized carbons (Fsp3) is 0.375. The zero-order valence-electron chi connectivity index (χ0n) is 13.8. The molecule has 0 aromatic carbocycles. The van der Waals surface area contributed by atoms with Gasteiger partial charge in [-0.25, -0.2) is 9.67 Å². The number of nitrogens with zero attached hydrogens (tertiary/aromatic N) is 6. The fourth-order valence-electron chi connectivity index (χ4n) is 2.24. The molecule has 0 spiro atoms. The van der Waals surface area contributed by atoms with Gasteiger partial charge in [-0.3, -0.25) is 4.68 Å². The summed E-state index contributed by atoms with van der Waals surface area (Å²) >= 11 is 0. The van der Waals surface area contributed by atoms with Crippen molar-refractivity contribution in [1.29, 1.82) is 0 Å². The monoisotopic (exact) mass is 312 g/mol. The van der Waals surface area contributed by atoms with E-state index >= 15 is 0 Å². The van der Waals surface area contributed by atoms with Crippen molar-refractivity contribution in [2.45, 2.75) is 32.9 Å². The van der Waals surface area contributed by atoms with Gasteiger partial charge in [0.25, 0.3) is 0 Å². The first kappa shape index (κ1) is 15.2. The van der Waals surface area contributed by atoms with Crippen LogP contribution in [0.25, 0.3) is 11.3 Å². The van der Waals surface area contributed by atoms with Gasteiger partial charge in [0.05, 0.1) is 37.2 Å². The molecule has 120 valence electrons. The third-order valence-electron chi connectivity index (χ3n) is 3.45. The van der Waals surface area contributed by atoms with Crippen molar-refractivity contribution in [3.05, 3.63) is 42.5 Å². The molecule has 0 saturated carbocycles.